The fourth-order valence-electron chi connectivity index (χ4n) is 1.13. The van der Waals surface area contributed by atoms with Gasteiger partial charge in [0.05, 0.1) is 0 Å². The second-order valence-electron chi connectivity index (χ2n) is 3.51. The highest BCUT2D eigenvalue weighted by molar-refractivity contribution is 5.73. The van der Waals surface area contributed by atoms with Crippen LogP contribution >= 0.6 is 0 Å². The Labute approximate surface area is 96.1 Å². The molecule has 5 heteroatoms. The van der Waals surface area contributed by atoms with Crippen LogP contribution in [0.25, 0.3) is 0 Å². The van der Waals surface area contributed by atoms with Crippen molar-refractivity contribution >= 4 is 12.0 Å². The van der Waals surface area contributed by atoms with Crippen LogP contribution in [0.4, 0.5) is 4.79 Å². The molecule has 0 aliphatic rings. The largest absolute Gasteiger partial charge is 0.481 e. The number of carboxylic acid groups (broad SMARTS) is 1. The molecule has 0 spiro atoms. The summed E-state index contributed by atoms with van der Waals surface area (Å²) < 4.78 is 0. The van der Waals surface area contributed by atoms with Crippen molar-refractivity contribution in [2.75, 3.05) is 20.1 Å². The summed E-state index contributed by atoms with van der Waals surface area (Å²) in [6.07, 6.45) is 5.29. The lowest BCUT2D eigenvalue weighted by Gasteiger charge is -2.17. The predicted molar refractivity (Wildman–Crippen MR) is 62.3 cm³/mol. The molecule has 0 bridgehead atoms. The molecule has 0 unspecified atom stereocenters. The van der Waals surface area contributed by atoms with E-state index in [0.717, 1.165) is 6.42 Å². The number of carbonyl (C=O) groups is 2. The van der Waals surface area contributed by atoms with Gasteiger partial charge >= 0.3 is 12.0 Å². The van der Waals surface area contributed by atoms with Crippen LogP contribution in [-0.4, -0.2) is 42.1 Å². The Morgan fingerprint density at radius 3 is 2.69 bits per heavy atom. The maximum absolute atomic E-state index is 11.4. The van der Waals surface area contributed by atoms with Crippen LogP contribution in [0.1, 0.15) is 26.2 Å². The van der Waals surface area contributed by atoms with Crippen LogP contribution in [0.15, 0.2) is 12.2 Å². The SMILES string of the molecule is C/C=C/CCNC(=O)N(C)CCCC(=O)O. The maximum Gasteiger partial charge on any atom is 0.317 e. The fourth-order valence-corrected chi connectivity index (χ4v) is 1.13. The smallest absolute Gasteiger partial charge is 0.317 e. The third kappa shape index (κ3) is 7.84. The van der Waals surface area contributed by atoms with Crippen LogP contribution in [-0.2, 0) is 4.79 Å². The normalized spacial score (nSPS) is 10.4. The van der Waals surface area contributed by atoms with E-state index in [1.165, 1.54) is 4.90 Å². The number of nitrogens with one attached hydrogen (secondary N) is 1. The van der Waals surface area contributed by atoms with Crippen molar-refractivity contribution in [1.29, 1.82) is 0 Å². The first-order chi connectivity index (χ1) is 7.57. The molecule has 2 amide bonds. The molecule has 0 aromatic carbocycles. The van der Waals surface area contributed by atoms with Crippen molar-refractivity contribution in [3.63, 3.8) is 0 Å². The molecule has 0 heterocycles. The topological polar surface area (TPSA) is 69.6 Å². The minimum Gasteiger partial charge on any atom is -0.481 e. The molecule has 0 aliphatic heterocycles. The van der Waals surface area contributed by atoms with E-state index in [1.807, 2.05) is 19.1 Å². The summed E-state index contributed by atoms with van der Waals surface area (Å²) >= 11 is 0. The monoisotopic (exact) mass is 228 g/mol. The number of amides is 2. The Balaban J connectivity index is 3.60. The molecule has 0 rings (SSSR count). The third-order valence-electron chi connectivity index (χ3n) is 2.05. The van der Waals surface area contributed by atoms with Crippen LogP contribution in [0.2, 0.25) is 0 Å². The lowest BCUT2D eigenvalue weighted by molar-refractivity contribution is -0.137. The van der Waals surface area contributed by atoms with Crippen molar-refractivity contribution in [2.24, 2.45) is 0 Å². The molecule has 16 heavy (non-hydrogen) atoms. The molecule has 0 saturated heterocycles. The summed E-state index contributed by atoms with van der Waals surface area (Å²) in [7, 11) is 1.66. The first kappa shape index (κ1) is 14.5. The minimum atomic E-state index is -0.832. The number of hydrogen-bond acceptors (Lipinski definition) is 2. The zero-order valence-electron chi connectivity index (χ0n) is 9.90. The zero-order chi connectivity index (χ0) is 12.4. The van der Waals surface area contributed by atoms with E-state index < -0.39 is 5.97 Å². The van der Waals surface area contributed by atoms with E-state index in [1.54, 1.807) is 7.05 Å². The fraction of sp³-hybridized carbons (Fsp3) is 0.636. The molecule has 0 saturated carbocycles. The highest BCUT2D eigenvalue weighted by Gasteiger charge is 2.07. The van der Waals surface area contributed by atoms with E-state index in [0.29, 0.717) is 19.5 Å². The van der Waals surface area contributed by atoms with E-state index in [9.17, 15) is 9.59 Å². The number of hydrogen-bond donors (Lipinski definition) is 2. The second kappa shape index (κ2) is 8.76. The molecule has 0 aliphatic carbocycles. The zero-order valence-corrected chi connectivity index (χ0v) is 9.90. The first-order valence-electron chi connectivity index (χ1n) is 5.39. The lowest BCUT2D eigenvalue weighted by Crippen LogP contribution is -2.38. The summed E-state index contributed by atoms with van der Waals surface area (Å²) in [5.74, 6) is -0.832. The summed E-state index contributed by atoms with van der Waals surface area (Å²) in [6.45, 7) is 2.99. The van der Waals surface area contributed by atoms with Crippen molar-refractivity contribution in [2.45, 2.75) is 26.2 Å². The van der Waals surface area contributed by atoms with Gasteiger partial charge < -0.3 is 15.3 Å². The van der Waals surface area contributed by atoms with Crippen molar-refractivity contribution in [3.05, 3.63) is 12.2 Å². The summed E-state index contributed by atoms with van der Waals surface area (Å²) in [4.78, 5) is 23.2. The summed E-state index contributed by atoms with van der Waals surface area (Å²) in [5.41, 5.74) is 0. The molecular formula is C11H20N2O3. The van der Waals surface area contributed by atoms with Gasteiger partial charge in [-0.15, -0.1) is 0 Å². The van der Waals surface area contributed by atoms with E-state index in [-0.39, 0.29) is 12.5 Å². The molecule has 0 radical (unpaired) electrons. The van der Waals surface area contributed by atoms with Crippen molar-refractivity contribution < 1.29 is 14.7 Å². The van der Waals surface area contributed by atoms with Crippen LogP contribution in [0.3, 0.4) is 0 Å². The molecule has 0 aromatic rings. The summed E-state index contributed by atoms with van der Waals surface area (Å²) in [5, 5.41) is 11.2. The molecule has 0 fully saturated rings. The maximum atomic E-state index is 11.4. The molecule has 92 valence electrons. The number of aliphatic carboxylic acids is 1. The Morgan fingerprint density at radius 2 is 2.12 bits per heavy atom. The Morgan fingerprint density at radius 1 is 1.44 bits per heavy atom. The average molecular weight is 228 g/mol. The standard InChI is InChI=1S/C11H20N2O3/c1-3-4-5-8-12-11(16)13(2)9-6-7-10(14)15/h3-4H,5-9H2,1-2H3,(H,12,16)(H,14,15)/b4-3+. The molecule has 5 nitrogen and oxygen atoms in total. The number of carbonyl (C=O) groups excluding carboxylic acids is 1. The Bertz CT molecular complexity index is 252. The number of urea groups is 1. The molecule has 2 N–H and O–H groups in total. The van der Waals surface area contributed by atoms with Gasteiger partial charge in [-0.05, 0) is 19.8 Å². The van der Waals surface area contributed by atoms with Crippen LogP contribution < -0.4 is 5.32 Å². The highest BCUT2D eigenvalue weighted by atomic mass is 16.4. The number of nitrogens with zero attached hydrogens (tertiary/aromatic N) is 1. The predicted octanol–water partition coefficient (Wildman–Crippen LogP) is 1.46. The minimum absolute atomic E-state index is 0.0934. The summed E-state index contributed by atoms with van der Waals surface area (Å²) in [6, 6.07) is -0.158. The van der Waals surface area contributed by atoms with Crippen molar-refractivity contribution in [1.82, 2.24) is 10.2 Å². The van der Waals surface area contributed by atoms with Gasteiger partial charge in [-0.2, -0.15) is 0 Å². The Hall–Kier alpha value is -1.52. The Kier molecular flexibility index (Phi) is 7.93. The lowest BCUT2D eigenvalue weighted by atomic mass is 10.3. The molecule has 0 atom stereocenters. The van der Waals surface area contributed by atoms with E-state index in [4.69, 9.17) is 5.11 Å². The van der Waals surface area contributed by atoms with E-state index in [2.05, 4.69) is 5.32 Å². The molecule has 0 aromatic heterocycles. The number of carboxylic acids is 1. The van der Waals surface area contributed by atoms with Gasteiger partial charge in [0.2, 0.25) is 0 Å². The van der Waals surface area contributed by atoms with Gasteiger partial charge in [0.15, 0.2) is 0 Å². The van der Waals surface area contributed by atoms with Crippen LogP contribution in [0, 0.1) is 0 Å². The van der Waals surface area contributed by atoms with Gasteiger partial charge in [0.1, 0.15) is 0 Å². The van der Waals surface area contributed by atoms with Gasteiger partial charge in [0, 0.05) is 26.6 Å². The quantitative estimate of drug-likeness (QED) is 0.512. The second-order valence-corrected chi connectivity index (χ2v) is 3.51. The van der Waals surface area contributed by atoms with Gasteiger partial charge in [0.25, 0.3) is 0 Å². The van der Waals surface area contributed by atoms with Gasteiger partial charge in [-0.25, -0.2) is 4.79 Å². The molecular weight excluding hydrogens is 208 g/mol. The average Bonchev–Trinajstić information content (AvgIpc) is 2.23. The first-order valence-corrected chi connectivity index (χ1v) is 5.39. The number of allylic oxidation sites excluding steroid dienone is 1. The van der Waals surface area contributed by atoms with Gasteiger partial charge in [-0.1, -0.05) is 12.2 Å². The van der Waals surface area contributed by atoms with Crippen LogP contribution in [0.5, 0.6) is 0 Å². The highest BCUT2D eigenvalue weighted by Crippen LogP contribution is 1.93. The van der Waals surface area contributed by atoms with Gasteiger partial charge in [-0.3, -0.25) is 4.79 Å². The third-order valence-corrected chi connectivity index (χ3v) is 2.05. The van der Waals surface area contributed by atoms with Crippen molar-refractivity contribution in [3.8, 4) is 0 Å². The number of rotatable bonds is 7. The van der Waals surface area contributed by atoms with E-state index >= 15 is 0 Å².